The maximum absolute atomic E-state index is 13.4. The van der Waals surface area contributed by atoms with Gasteiger partial charge in [-0.3, -0.25) is 9.89 Å². The molecule has 2 heterocycles. The lowest BCUT2D eigenvalue weighted by molar-refractivity contribution is 0.0782. The minimum atomic E-state index is -0.366. The van der Waals surface area contributed by atoms with E-state index in [1.54, 1.807) is 25.4 Å². The number of amides is 1. The number of nitrogens with one attached hydrogen (secondary N) is 2. The Balaban J connectivity index is 1.84. The summed E-state index contributed by atoms with van der Waals surface area (Å²) in [5.74, 6) is 0.121. The summed E-state index contributed by atoms with van der Waals surface area (Å²) >= 11 is 0. The van der Waals surface area contributed by atoms with Gasteiger partial charge in [0.25, 0.3) is 5.91 Å². The Kier molecular flexibility index (Phi) is 3.92. The van der Waals surface area contributed by atoms with Crippen LogP contribution in [0.15, 0.2) is 36.7 Å². The zero-order valence-corrected chi connectivity index (χ0v) is 12.8. The molecule has 118 valence electrons. The van der Waals surface area contributed by atoms with Crippen LogP contribution in [0.1, 0.15) is 21.9 Å². The second-order valence-electron chi connectivity index (χ2n) is 5.34. The summed E-state index contributed by atoms with van der Waals surface area (Å²) in [5.41, 5.74) is 2.40. The molecule has 0 radical (unpaired) electrons. The van der Waals surface area contributed by atoms with Gasteiger partial charge in [0.1, 0.15) is 11.6 Å². The van der Waals surface area contributed by atoms with Gasteiger partial charge in [-0.2, -0.15) is 5.10 Å². The van der Waals surface area contributed by atoms with E-state index in [1.807, 2.05) is 6.92 Å². The number of nitrogens with zero attached hydrogens (tertiary/aromatic N) is 3. The van der Waals surface area contributed by atoms with E-state index in [-0.39, 0.29) is 11.7 Å². The van der Waals surface area contributed by atoms with Crippen LogP contribution in [-0.4, -0.2) is 38.0 Å². The van der Waals surface area contributed by atoms with E-state index in [9.17, 15) is 9.18 Å². The first-order valence-corrected chi connectivity index (χ1v) is 7.10. The van der Waals surface area contributed by atoms with Crippen LogP contribution in [-0.2, 0) is 6.54 Å². The molecule has 0 bridgehead atoms. The molecule has 0 fully saturated rings. The topological polar surface area (TPSA) is 77.7 Å². The molecule has 0 unspecified atom stereocenters. The number of carbonyl (C=O) groups excluding carboxylic acids is 1. The molecule has 0 atom stereocenters. The molecular formula is C16H16FN5O. The fraction of sp³-hybridized carbons (Fsp3) is 0.188. The summed E-state index contributed by atoms with van der Waals surface area (Å²) in [6, 6.07) is 6.03. The third-order valence-corrected chi connectivity index (χ3v) is 3.47. The van der Waals surface area contributed by atoms with Crippen molar-refractivity contribution < 1.29 is 9.18 Å². The number of aromatic nitrogens is 4. The highest BCUT2D eigenvalue weighted by molar-refractivity contribution is 5.99. The SMILES string of the molecule is Cc1cnc(CN(C)C(=O)c2cn[nH]c2-c2cccc(F)c2)[nH]1. The number of H-pyrrole nitrogens is 2. The first-order valence-electron chi connectivity index (χ1n) is 7.10. The molecule has 1 aromatic carbocycles. The lowest BCUT2D eigenvalue weighted by atomic mass is 10.1. The van der Waals surface area contributed by atoms with Crippen LogP contribution >= 0.6 is 0 Å². The number of carbonyl (C=O) groups is 1. The van der Waals surface area contributed by atoms with Gasteiger partial charge in [-0.05, 0) is 19.1 Å². The number of halogens is 1. The second kappa shape index (κ2) is 6.04. The molecule has 6 nitrogen and oxygen atoms in total. The van der Waals surface area contributed by atoms with Crippen LogP contribution in [0.4, 0.5) is 4.39 Å². The minimum Gasteiger partial charge on any atom is -0.345 e. The highest BCUT2D eigenvalue weighted by Crippen LogP contribution is 2.23. The Morgan fingerprint density at radius 2 is 2.17 bits per heavy atom. The van der Waals surface area contributed by atoms with Crippen LogP contribution in [0.5, 0.6) is 0 Å². The van der Waals surface area contributed by atoms with Crippen LogP contribution in [0.2, 0.25) is 0 Å². The summed E-state index contributed by atoms with van der Waals surface area (Å²) in [7, 11) is 1.68. The number of aromatic amines is 2. The largest absolute Gasteiger partial charge is 0.345 e. The quantitative estimate of drug-likeness (QED) is 0.777. The molecule has 23 heavy (non-hydrogen) atoms. The summed E-state index contributed by atoms with van der Waals surface area (Å²) < 4.78 is 13.4. The minimum absolute atomic E-state index is 0.216. The van der Waals surface area contributed by atoms with Crippen molar-refractivity contribution in [2.75, 3.05) is 7.05 Å². The smallest absolute Gasteiger partial charge is 0.257 e. The standard InChI is InChI=1S/C16H16FN5O/c1-10-7-18-14(20-10)9-22(2)16(23)13-8-19-21-15(13)11-4-3-5-12(17)6-11/h3-8H,9H2,1-2H3,(H,18,20)(H,19,21). The Labute approximate surface area is 132 Å². The van der Waals surface area contributed by atoms with Crippen LogP contribution in [0, 0.1) is 12.7 Å². The number of hydrogen-bond acceptors (Lipinski definition) is 3. The van der Waals surface area contributed by atoms with Gasteiger partial charge >= 0.3 is 0 Å². The van der Waals surface area contributed by atoms with Crippen molar-refractivity contribution >= 4 is 5.91 Å². The third-order valence-electron chi connectivity index (χ3n) is 3.47. The molecule has 1 amide bonds. The number of hydrogen-bond donors (Lipinski definition) is 2. The Hall–Kier alpha value is -2.96. The maximum Gasteiger partial charge on any atom is 0.257 e. The van der Waals surface area contributed by atoms with Crippen LogP contribution < -0.4 is 0 Å². The number of rotatable bonds is 4. The van der Waals surface area contributed by atoms with Gasteiger partial charge in [0.05, 0.1) is 24.0 Å². The van der Waals surface area contributed by atoms with Crippen molar-refractivity contribution in [2.24, 2.45) is 0 Å². The van der Waals surface area contributed by atoms with E-state index < -0.39 is 0 Å². The van der Waals surface area contributed by atoms with Gasteiger partial charge in [0, 0.05) is 24.5 Å². The van der Waals surface area contributed by atoms with Crippen molar-refractivity contribution in [1.29, 1.82) is 0 Å². The summed E-state index contributed by atoms with van der Waals surface area (Å²) in [6.07, 6.45) is 3.16. The average Bonchev–Trinajstić information content (AvgIpc) is 3.15. The molecule has 0 saturated heterocycles. The zero-order valence-electron chi connectivity index (χ0n) is 12.8. The molecule has 2 N–H and O–H groups in total. The average molecular weight is 313 g/mol. The lowest BCUT2D eigenvalue weighted by Gasteiger charge is -2.15. The van der Waals surface area contributed by atoms with Crippen molar-refractivity contribution in [3.63, 3.8) is 0 Å². The van der Waals surface area contributed by atoms with E-state index in [1.165, 1.54) is 23.2 Å². The van der Waals surface area contributed by atoms with Crippen molar-refractivity contribution in [3.05, 3.63) is 59.6 Å². The van der Waals surface area contributed by atoms with Gasteiger partial charge < -0.3 is 9.88 Å². The monoisotopic (exact) mass is 313 g/mol. The molecule has 3 aromatic rings. The molecule has 0 aliphatic carbocycles. The predicted octanol–water partition coefficient (Wildman–Crippen LogP) is 2.52. The predicted molar refractivity (Wildman–Crippen MR) is 83.1 cm³/mol. The first-order chi connectivity index (χ1) is 11.0. The fourth-order valence-electron chi connectivity index (χ4n) is 2.36. The number of imidazole rings is 1. The Morgan fingerprint density at radius 1 is 1.35 bits per heavy atom. The van der Waals surface area contributed by atoms with E-state index in [0.717, 1.165) is 5.69 Å². The van der Waals surface area contributed by atoms with Crippen LogP contribution in [0.3, 0.4) is 0 Å². The van der Waals surface area contributed by atoms with E-state index in [4.69, 9.17) is 0 Å². The van der Waals surface area contributed by atoms with Gasteiger partial charge in [-0.15, -0.1) is 0 Å². The van der Waals surface area contributed by atoms with Gasteiger partial charge in [0.2, 0.25) is 0 Å². The van der Waals surface area contributed by atoms with Gasteiger partial charge in [-0.25, -0.2) is 9.37 Å². The first kappa shape index (κ1) is 15.0. The molecule has 0 aliphatic heterocycles. The number of aryl methyl sites for hydroxylation is 1. The Morgan fingerprint density at radius 3 is 2.87 bits per heavy atom. The Bertz CT molecular complexity index is 838. The number of benzene rings is 1. The van der Waals surface area contributed by atoms with Crippen LogP contribution in [0.25, 0.3) is 11.3 Å². The fourth-order valence-corrected chi connectivity index (χ4v) is 2.36. The van der Waals surface area contributed by atoms with E-state index in [2.05, 4.69) is 20.2 Å². The highest BCUT2D eigenvalue weighted by Gasteiger charge is 2.20. The van der Waals surface area contributed by atoms with Crippen molar-refractivity contribution in [3.8, 4) is 11.3 Å². The molecule has 0 saturated carbocycles. The maximum atomic E-state index is 13.4. The molecule has 0 aliphatic rings. The summed E-state index contributed by atoms with van der Waals surface area (Å²) in [5, 5.41) is 6.69. The molecule has 7 heteroatoms. The van der Waals surface area contributed by atoms with Crippen molar-refractivity contribution in [1.82, 2.24) is 25.1 Å². The van der Waals surface area contributed by atoms with Gasteiger partial charge in [0.15, 0.2) is 0 Å². The highest BCUT2D eigenvalue weighted by atomic mass is 19.1. The summed E-state index contributed by atoms with van der Waals surface area (Å²) in [6.45, 7) is 2.25. The second-order valence-corrected chi connectivity index (χ2v) is 5.34. The van der Waals surface area contributed by atoms with E-state index in [0.29, 0.717) is 29.2 Å². The zero-order chi connectivity index (χ0) is 16.4. The van der Waals surface area contributed by atoms with Gasteiger partial charge in [-0.1, -0.05) is 12.1 Å². The third kappa shape index (κ3) is 3.13. The molecule has 3 rings (SSSR count). The lowest BCUT2D eigenvalue weighted by Crippen LogP contribution is -2.26. The van der Waals surface area contributed by atoms with E-state index >= 15 is 0 Å². The molecular weight excluding hydrogens is 297 g/mol. The summed E-state index contributed by atoms with van der Waals surface area (Å²) in [4.78, 5) is 21.4. The molecule has 0 spiro atoms. The normalized spacial score (nSPS) is 10.7. The van der Waals surface area contributed by atoms with Crippen molar-refractivity contribution in [2.45, 2.75) is 13.5 Å². The molecule has 2 aromatic heterocycles.